The second-order valence-electron chi connectivity index (χ2n) is 2.77. The number of hydrogen-bond acceptors (Lipinski definition) is 5. The molecule has 0 aliphatic carbocycles. The van der Waals surface area contributed by atoms with Gasteiger partial charge in [0.2, 0.25) is 0 Å². The van der Waals surface area contributed by atoms with E-state index in [0.717, 1.165) is 5.01 Å². The lowest BCUT2D eigenvalue weighted by atomic mass is 10.4. The molecule has 15 heavy (non-hydrogen) atoms. The zero-order valence-corrected chi connectivity index (χ0v) is 9.34. The molecule has 0 fully saturated rings. The molecule has 0 saturated heterocycles. The van der Waals surface area contributed by atoms with Crippen LogP contribution in [0.15, 0.2) is 5.38 Å². The van der Waals surface area contributed by atoms with E-state index in [2.05, 4.69) is 10.9 Å². The highest BCUT2D eigenvalue weighted by Crippen LogP contribution is 2.12. The van der Waals surface area contributed by atoms with Gasteiger partial charge in [0.25, 0.3) is 0 Å². The van der Waals surface area contributed by atoms with Gasteiger partial charge in [0, 0.05) is 12.5 Å². The highest BCUT2D eigenvalue weighted by atomic mass is 32.1. The number of thiazole rings is 1. The van der Waals surface area contributed by atoms with Gasteiger partial charge in [-0.1, -0.05) is 5.92 Å². The Kier molecular flexibility index (Phi) is 4.28. The molecule has 1 atom stereocenters. The molecule has 0 saturated carbocycles. The summed E-state index contributed by atoms with van der Waals surface area (Å²) in [6.07, 6.45) is 4.55. The normalized spacial score (nSPS) is 11.8. The smallest absolute Gasteiger partial charge is 0.359 e. The molecule has 0 aromatic carbocycles. The van der Waals surface area contributed by atoms with Crippen molar-refractivity contribution in [3.05, 3.63) is 16.1 Å². The maximum atomic E-state index is 11.4. The van der Waals surface area contributed by atoms with Crippen LogP contribution in [0.1, 0.15) is 22.4 Å². The van der Waals surface area contributed by atoms with Gasteiger partial charge in [0.15, 0.2) is 11.8 Å². The fourth-order valence-corrected chi connectivity index (χ4v) is 1.58. The topological polar surface area (TPSA) is 48.4 Å². The van der Waals surface area contributed by atoms with Crippen LogP contribution in [0.25, 0.3) is 0 Å². The number of nitrogens with zero attached hydrogens (tertiary/aromatic N) is 1. The molecular weight excluding hydrogens is 214 g/mol. The quantitative estimate of drug-likeness (QED) is 0.575. The van der Waals surface area contributed by atoms with E-state index in [9.17, 15) is 4.79 Å². The van der Waals surface area contributed by atoms with Gasteiger partial charge in [-0.2, -0.15) is 0 Å². The van der Waals surface area contributed by atoms with Gasteiger partial charge in [0.1, 0.15) is 5.01 Å². The number of aromatic nitrogens is 1. The molecule has 5 heteroatoms. The summed E-state index contributed by atoms with van der Waals surface area (Å²) in [6, 6.07) is 0. The molecule has 1 rings (SSSR count). The summed E-state index contributed by atoms with van der Waals surface area (Å²) in [6.45, 7) is 2.02. The zero-order chi connectivity index (χ0) is 11.3. The van der Waals surface area contributed by atoms with Crippen LogP contribution in [0.5, 0.6) is 0 Å². The van der Waals surface area contributed by atoms with E-state index in [4.69, 9.17) is 15.9 Å². The molecule has 0 N–H and O–H groups in total. The number of esters is 1. The fourth-order valence-electron chi connectivity index (χ4n) is 0.849. The lowest BCUT2D eigenvalue weighted by molar-refractivity contribution is 0.0432. The Labute approximate surface area is 92.2 Å². The lowest BCUT2D eigenvalue weighted by Gasteiger charge is -2.04. The summed E-state index contributed by atoms with van der Waals surface area (Å²) in [4.78, 5) is 15.5. The van der Waals surface area contributed by atoms with E-state index in [-0.39, 0.29) is 5.69 Å². The van der Waals surface area contributed by atoms with Crippen LogP contribution in [0.3, 0.4) is 0 Å². The van der Waals surface area contributed by atoms with Crippen molar-refractivity contribution in [2.75, 3.05) is 7.11 Å². The average molecular weight is 225 g/mol. The van der Waals surface area contributed by atoms with Crippen molar-refractivity contribution in [2.45, 2.75) is 19.6 Å². The molecule has 1 unspecified atom stereocenters. The first-order valence-corrected chi connectivity index (χ1v) is 5.15. The van der Waals surface area contributed by atoms with Crippen LogP contribution in [-0.2, 0) is 16.1 Å². The number of hydrogen-bond donors (Lipinski definition) is 0. The van der Waals surface area contributed by atoms with Crippen LogP contribution in [0, 0.1) is 12.3 Å². The van der Waals surface area contributed by atoms with E-state index in [1.807, 2.05) is 0 Å². The molecule has 0 radical (unpaired) electrons. The monoisotopic (exact) mass is 225 g/mol. The Morgan fingerprint density at radius 3 is 3.13 bits per heavy atom. The van der Waals surface area contributed by atoms with Crippen molar-refractivity contribution in [3.8, 4) is 12.3 Å². The summed E-state index contributed by atoms with van der Waals surface area (Å²) in [5, 5.41) is 2.36. The Bertz CT molecular complexity index is 380. The Morgan fingerprint density at radius 1 is 1.80 bits per heavy atom. The van der Waals surface area contributed by atoms with Crippen LogP contribution in [-0.4, -0.2) is 24.2 Å². The van der Waals surface area contributed by atoms with Crippen LogP contribution < -0.4 is 0 Å². The first-order valence-electron chi connectivity index (χ1n) is 4.27. The summed E-state index contributed by atoms with van der Waals surface area (Å²) in [7, 11) is 1.57. The predicted molar refractivity (Wildman–Crippen MR) is 56.5 cm³/mol. The van der Waals surface area contributed by atoms with Gasteiger partial charge in [-0.25, -0.2) is 9.78 Å². The Hall–Kier alpha value is -1.38. The highest BCUT2D eigenvalue weighted by Gasteiger charge is 2.14. The molecule has 4 nitrogen and oxygen atoms in total. The van der Waals surface area contributed by atoms with Crippen LogP contribution in [0.4, 0.5) is 0 Å². The van der Waals surface area contributed by atoms with Gasteiger partial charge in [-0.3, -0.25) is 0 Å². The van der Waals surface area contributed by atoms with E-state index in [1.54, 1.807) is 19.4 Å². The Morgan fingerprint density at radius 2 is 2.53 bits per heavy atom. The average Bonchev–Trinajstić information content (AvgIpc) is 2.67. The molecule has 80 valence electrons. The lowest BCUT2D eigenvalue weighted by Crippen LogP contribution is -2.13. The zero-order valence-electron chi connectivity index (χ0n) is 8.52. The number of carbonyl (C=O) groups is 1. The molecule has 0 aliphatic rings. The van der Waals surface area contributed by atoms with E-state index in [0.29, 0.717) is 6.61 Å². The molecular formula is C10H11NO3S. The largest absolute Gasteiger partial charge is 0.445 e. The van der Waals surface area contributed by atoms with E-state index >= 15 is 0 Å². The SMILES string of the molecule is C#CC(C)OC(=O)c1csc(COC)n1. The summed E-state index contributed by atoms with van der Waals surface area (Å²) >= 11 is 1.35. The third-order valence-electron chi connectivity index (χ3n) is 1.55. The summed E-state index contributed by atoms with van der Waals surface area (Å²) in [5.74, 6) is 1.80. The maximum absolute atomic E-state index is 11.4. The van der Waals surface area contributed by atoms with Crippen molar-refractivity contribution in [2.24, 2.45) is 0 Å². The molecule has 1 heterocycles. The van der Waals surface area contributed by atoms with Gasteiger partial charge in [-0.05, 0) is 6.92 Å². The Balaban J connectivity index is 2.62. The van der Waals surface area contributed by atoms with Crippen LogP contribution in [0.2, 0.25) is 0 Å². The molecule has 1 aromatic rings. The second-order valence-corrected chi connectivity index (χ2v) is 3.72. The van der Waals surface area contributed by atoms with E-state index in [1.165, 1.54) is 11.3 Å². The number of terminal acetylenes is 1. The first kappa shape index (κ1) is 11.7. The molecule has 0 aliphatic heterocycles. The number of methoxy groups -OCH3 is 1. The standard InChI is InChI=1S/C10H11NO3S/c1-4-7(2)14-10(12)8-6-15-9(11-8)5-13-3/h1,6-7H,5H2,2-3H3. The minimum absolute atomic E-state index is 0.272. The van der Waals surface area contributed by atoms with Crippen molar-refractivity contribution in [1.82, 2.24) is 4.98 Å². The third-order valence-corrected chi connectivity index (χ3v) is 2.37. The number of rotatable bonds is 4. The fraction of sp³-hybridized carbons (Fsp3) is 0.400. The van der Waals surface area contributed by atoms with Crippen molar-refractivity contribution >= 4 is 17.3 Å². The summed E-state index contributed by atoms with van der Waals surface area (Å²) in [5.41, 5.74) is 0.272. The minimum Gasteiger partial charge on any atom is -0.445 e. The summed E-state index contributed by atoms with van der Waals surface area (Å²) < 4.78 is 9.79. The molecule has 0 bridgehead atoms. The molecule has 0 amide bonds. The van der Waals surface area contributed by atoms with Crippen molar-refractivity contribution < 1.29 is 14.3 Å². The van der Waals surface area contributed by atoms with Crippen LogP contribution >= 0.6 is 11.3 Å². The van der Waals surface area contributed by atoms with Crippen molar-refractivity contribution in [3.63, 3.8) is 0 Å². The molecule has 0 spiro atoms. The van der Waals surface area contributed by atoms with Gasteiger partial charge >= 0.3 is 5.97 Å². The highest BCUT2D eigenvalue weighted by molar-refractivity contribution is 7.09. The maximum Gasteiger partial charge on any atom is 0.359 e. The second kappa shape index (κ2) is 5.49. The van der Waals surface area contributed by atoms with Gasteiger partial charge in [-0.15, -0.1) is 17.8 Å². The molecule has 1 aromatic heterocycles. The number of carbonyl (C=O) groups excluding carboxylic acids is 1. The predicted octanol–water partition coefficient (Wildman–Crippen LogP) is 1.47. The first-order chi connectivity index (χ1) is 7.17. The van der Waals surface area contributed by atoms with Crippen molar-refractivity contribution in [1.29, 1.82) is 0 Å². The van der Waals surface area contributed by atoms with Gasteiger partial charge < -0.3 is 9.47 Å². The van der Waals surface area contributed by atoms with E-state index < -0.39 is 12.1 Å². The minimum atomic E-state index is -0.537. The number of ether oxygens (including phenoxy) is 2. The van der Waals surface area contributed by atoms with Gasteiger partial charge in [0.05, 0.1) is 6.61 Å². The third kappa shape index (κ3) is 3.35.